The number of benzene rings is 3. The topological polar surface area (TPSA) is 66.8 Å². The van der Waals surface area contributed by atoms with Gasteiger partial charge in [-0.25, -0.2) is 17.2 Å². The molecule has 0 N–H and O–H groups in total. The fourth-order valence-electron chi connectivity index (χ4n) is 4.13. The van der Waals surface area contributed by atoms with Crippen LogP contribution in [0.4, 0.5) is 22.6 Å². The number of fused-ring (bicyclic) bond motifs is 1. The number of thiophene rings is 1. The summed E-state index contributed by atoms with van der Waals surface area (Å²) in [5.41, 5.74) is 0.299. The van der Waals surface area contributed by atoms with Crippen molar-refractivity contribution in [3.63, 3.8) is 0 Å². The Morgan fingerprint density at radius 1 is 1.03 bits per heavy atom. The van der Waals surface area contributed by atoms with E-state index in [1.54, 1.807) is 19.1 Å². The van der Waals surface area contributed by atoms with Crippen LogP contribution in [0.5, 0.6) is 0 Å². The third-order valence-corrected chi connectivity index (χ3v) is 9.88. The highest BCUT2D eigenvalue weighted by atomic mass is 32.2. The highest BCUT2D eigenvalue weighted by Gasteiger charge is 2.35. The predicted molar refractivity (Wildman–Crippen MR) is 142 cm³/mol. The van der Waals surface area contributed by atoms with Crippen LogP contribution < -0.4 is 4.31 Å². The largest absolute Gasteiger partial charge is 0.419 e. The van der Waals surface area contributed by atoms with E-state index in [2.05, 4.69) is 4.40 Å². The van der Waals surface area contributed by atoms with E-state index in [0.717, 1.165) is 32.4 Å². The fourth-order valence-corrected chi connectivity index (χ4v) is 7.64. The Balaban J connectivity index is 1.60. The first-order valence-electron chi connectivity index (χ1n) is 11.2. The van der Waals surface area contributed by atoms with Gasteiger partial charge in [-0.15, -0.1) is 11.3 Å². The normalized spacial score (nSPS) is 14.2. The molecule has 1 aromatic heterocycles. The zero-order valence-electron chi connectivity index (χ0n) is 19.6. The number of carbonyl (C=O) groups is 1. The van der Waals surface area contributed by atoms with Crippen molar-refractivity contribution in [1.82, 2.24) is 0 Å². The van der Waals surface area contributed by atoms with Gasteiger partial charge < -0.3 is 0 Å². The van der Waals surface area contributed by atoms with Crippen molar-refractivity contribution in [2.24, 2.45) is 4.40 Å². The Kier molecular flexibility index (Phi) is 6.82. The van der Waals surface area contributed by atoms with Gasteiger partial charge in [-0.05, 0) is 59.3 Å². The summed E-state index contributed by atoms with van der Waals surface area (Å²) in [5, 5.41) is 1.05. The SMILES string of the molecule is Cc1c(N(Cc2ccc(F)c(C(F)(F)F)c2)S(=O)(=O)c2ccc(C3=NSC(=O)C3)cc2)sc2ccccc12. The molecule has 38 heavy (non-hydrogen) atoms. The maximum absolute atomic E-state index is 13.9. The molecule has 1 aliphatic rings. The van der Waals surface area contributed by atoms with Gasteiger partial charge in [-0.3, -0.25) is 9.10 Å². The first kappa shape index (κ1) is 26.4. The summed E-state index contributed by atoms with van der Waals surface area (Å²) in [5.74, 6) is -1.43. The molecule has 1 aliphatic heterocycles. The van der Waals surface area contributed by atoms with Crippen molar-refractivity contribution in [2.75, 3.05) is 4.31 Å². The van der Waals surface area contributed by atoms with Gasteiger partial charge in [-0.2, -0.15) is 13.2 Å². The Morgan fingerprint density at radius 3 is 2.37 bits per heavy atom. The molecule has 0 fully saturated rings. The van der Waals surface area contributed by atoms with E-state index < -0.39 is 34.1 Å². The minimum absolute atomic E-state index is 0.0216. The van der Waals surface area contributed by atoms with Gasteiger partial charge in [0.05, 0.1) is 41.1 Å². The second-order valence-corrected chi connectivity index (χ2v) is 12.3. The van der Waals surface area contributed by atoms with Gasteiger partial charge >= 0.3 is 6.18 Å². The van der Waals surface area contributed by atoms with E-state index in [1.807, 2.05) is 24.3 Å². The summed E-state index contributed by atoms with van der Waals surface area (Å²) >= 11 is 2.04. The molecule has 2 heterocycles. The highest BCUT2D eigenvalue weighted by molar-refractivity contribution is 8.13. The fraction of sp³-hybridized carbons (Fsp3) is 0.154. The maximum atomic E-state index is 13.9. The van der Waals surface area contributed by atoms with Gasteiger partial charge in [0.15, 0.2) is 0 Å². The van der Waals surface area contributed by atoms with E-state index in [1.165, 1.54) is 23.5 Å². The molecule has 0 aliphatic carbocycles. The lowest BCUT2D eigenvalue weighted by atomic mass is 10.1. The van der Waals surface area contributed by atoms with Crippen LogP contribution in [0, 0.1) is 12.7 Å². The van der Waals surface area contributed by atoms with E-state index in [-0.39, 0.29) is 22.0 Å². The molecular weight excluding hydrogens is 560 g/mol. The number of nitrogens with zero attached hydrogens (tertiary/aromatic N) is 2. The van der Waals surface area contributed by atoms with Crippen molar-refractivity contribution in [2.45, 2.75) is 31.0 Å². The molecule has 0 radical (unpaired) electrons. The summed E-state index contributed by atoms with van der Waals surface area (Å²) in [6, 6.07) is 15.6. The zero-order valence-corrected chi connectivity index (χ0v) is 22.1. The molecule has 3 aromatic carbocycles. The lowest BCUT2D eigenvalue weighted by Crippen LogP contribution is -2.30. The summed E-state index contributed by atoms with van der Waals surface area (Å²) < 4.78 is 87.9. The number of halogens is 4. The molecule has 4 aromatic rings. The minimum atomic E-state index is -4.93. The first-order chi connectivity index (χ1) is 17.9. The molecule has 0 atom stereocenters. The molecule has 12 heteroatoms. The average molecular weight is 579 g/mol. The van der Waals surface area contributed by atoms with Gasteiger partial charge in [0.25, 0.3) is 10.0 Å². The van der Waals surface area contributed by atoms with Crippen LogP contribution in [-0.4, -0.2) is 19.2 Å². The molecule has 0 saturated carbocycles. The molecule has 0 unspecified atom stereocenters. The number of anilines is 1. The van der Waals surface area contributed by atoms with Gasteiger partial charge in [0.1, 0.15) is 10.8 Å². The molecule has 0 bridgehead atoms. The van der Waals surface area contributed by atoms with Gasteiger partial charge in [-0.1, -0.05) is 36.4 Å². The van der Waals surface area contributed by atoms with Crippen molar-refractivity contribution < 1.29 is 30.8 Å². The molecule has 196 valence electrons. The second kappa shape index (κ2) is 9.83. The lowest BCUT2D eigenvalue weighted by molar-refractivity contribution is -0.140. The third-order valence-electron chi connectivity index (χ3n) is 6.05. The Labute approximate surface area is 224 Å². The van der Waals surface area contributed by atoms with Crippen molar-refractivity contribution in [3.8, 4) is 0 Å². The standard InChI is InChI=1S/C26H18F4N2O3S3/c1-15-19-4-2-3-5-23(19)36-25(15)32(14-16-6-11-21(27)20(12-16)26(28,29)30)38(34,35)18-9-7-17(8-10-18)22-13-24(33)37-31-22/h2-12H,13-14H2,1H3. The van der Waals surface area contributed by atoms with Crippen molar-refractivity contribution >= 4 is 59.2 Å². The zero-order chi connectivity index (χ0) is 27.2. The first-order valence-corrected chi connectivity index (χ1v) is 14.2. The summed E-state index contributed by atoms with van der Waals surface area (Å²) in [6.07, 6.45) is -4.80. The summed E-state index contributed by atoms with van der Waals surface area (Å²) in [4.78, 5) is 11.4. The molecule has 0 saturated heterocycles. The molecular formula is C26H18F4N2O3S3. The predicted octanol–water partition coefficient (Wildman–Crippen LogP) is 7.13. The van der Waals surface area contributed by atoms with E-state index in [0.29, 0.717) is 34.0 Å². The van der Waals surface area contributed by atoms with E-state index in [4.69, 9.17) is 0 Å². The second-order valence-electron chi connectivity index (χ2n) is 8.55. The van der Waals surface area contributed by atoms with Crippen LogP contribution in [0.1, 0.15) is 28.7 Å². The van der Waals surface area contributed by atoms with Crippen LogP contribution in [0.15, 0.2) is 76.0 Å². The smallest absolute Gasteiger partial charge is 0.285 e. The Hall–Kier alpha value is -3.22. The van der Waals surface area contributed by atoms with Crippen LogP contribution >= 0.6 is 23.3 Å². The van der Waals surface area contributed by atoms with E-state index in [9.17, 15) is 30.8 Å². The number of rotatable bonds is 6. The van der Waals surface area contributed by atoms with Crippen molar-refractivity contribution in [3.05, 3.63) is 94.8 Å². The van der Waals surface area contributed by atoms with Crippen LogP contribution in [-0.2, 0) is 27.5 Å². The van der Waals surface area contributed by atoms with Gasteiger partial charge in [0, 0.05) is 4.70 Å². The number of hydrogen-bond acceptors (Lipinski definition) is 6. The Bertz CT molecular complexity index is 1700. The molecule has 5 rings (SSSR count). The van der Waals surface area contributed by atoms with Crippen LogP contribution in [0.3, 0.4) is 0 Å². The summed E-state index contributed by atoms with van der Waals surface area (Å²) in [6.45, 7) is 1.30. The van der Waals surface area contributed by atoms with E-state index >= 15 is 0 Å². The highest BCUT2D eigenvalue weighted by Crippen LogP contribution is 2.41. The third kappa shape index (κ3) is 4.95. The maximum Gasteiger partial charge on any atom is 0.419 e. The number of alkyl halides is 3. The molecule has 0 amide bonds. The number of carbonyl (C=O) groups excluding carboxylic acids is 1. The number of hydrogen-bond donors (Lipinski definition) is 0. The lowest BCUT2D eigenvalue weighted by Gasteiger charge is -2.25. The summed E-state index contributed by atoms with van der Waals surface area (Å²) in [7, 11) is -4.28. The average Bonchev–Trinajstić information content (AvgIpc) is 3.46. The monoisotopic (exact) mass is 578 g/mol. The van der Waals surface area contributed by atoms with Crippen LogP contribution in [0.25, 0.3) is 10.1 Å². The molecule has 5 nitrogen and oxygen atoms in total. The van der Waals surface area contributed by atoms with Crippen LogP contribution in [0.2, 0.25) is 0 Å². The van der Waals surface area contributed by atoms with Crippen molar-refractivity contribution in [1.29, 1.82) is 0 Å². The van der Waals surface area contributed by atoms with Gasteiger partial charge in [0.2, 0.25) is 5.12 Å². The number of sulfonamides is 1. The number of aryl methyl sites for hydroxylation is 1. The Morgan fingerprint density at radius 2 is 1.74 bits per heavy atom. The minimum Gasteiger partial charge on any atom is -0.285 e. The molecule has 0 spiro atoms. The quantitative estimate of drug-likeness (QED) is 0.180.